The van der Waals surface area contributed by atoms with Crippen LogP contribution in [0.4, 0.5) is 26.7 Å². The molecule has 1 aromatic carbocycles. The SMILES string of the molecule is CC(C)(C)OC(=O)N1CCc2nc(C(F)(F)c3ccccc3)nc(OS(=O)(=O)C(F)(F)F)c2CC1. The molecule has 192 valence electrons. The Bertz CT molecular complexity index is 1200. The van der Waals surface area contributed by atoms with Gasteiger partial charge in [0.25, 0.3) is 0 Å². The number of hydrogen-bond acceptors (Lipinski definition) is 7. The first-order chi connectivity index (χ1) is 16.0. The highest BCUT2D eigenvalue weighted by Gasteiger charge is 2.50. The lowest BCUT2D eigenvalue weighted by Gasteiger charge is -2.26. The molecule has 0 radical (unpaired) electrons. The number of alkyl halides is 5. The lowest BCUT2D eigenvalue weighted by atomic mass is 10.1. The Hall–Kier alpha value is -3.03. The molecule has 0 spiro atoms. The average molecular weight is 523 g/mol. The minimum Gasteiger partial charge on any atom is -0.444 e. The van der Waals surface area contributed by atoms with Crippen molar-refractivity contribution >= 4 is 16.2 Å². The molecule has 0 bridgehead atoms. The molecule has 1 amide bonds. The summed E-state index contributed by atoms with van der Waals surface area (Å²) in [5.74, 6) is -6.28. The van der Waals surface area contributed by atoms with Crippen molar-refractivity contribution in [3.05, 3.63) is 53.0 Å². The molecule has 0 saturated heterocycles. The molecule has 0 atom stereocenters. The number of benzene rings is 1. The number of nitrogens with zero attached hydrogens (tertiary/aromatic N) is 3. The Labute approximate surface area is 198 Å². The molecule has 0 fully saturated rings. The minimum absolute atomic E-state index is 0.0687. The Morgan fingerprint density at radius 3 is 2.14 bits per heavy atom. The summed E-state index contributed by atoms with van der Waals surface area (Å²) < 4.78 is 102. The Kier molecular flexibility index (Phi) is 6.99. The highest BCUT2D eigenvalue weighted by molar-refractivity contribution is 7.87. The summed E-state index contributed by atoms with van der Waals surface area (Å²) in [4.78, 5) is 20.9. The summed E-state index contributed by atoms with van der Waals surface area (Å²) >= 11 is 0. The molecule has 2 heterocycles. The van der Waals surface area contributed by atoms with E-state index in [9.17, 15) is 26.4 Å². The molecule has 1 aliphatic rings. The number of carbonyl (C=O) groups is 1. The van der Waals surface area contributed by atoms with Gasteiger partial charge in [-0.15, -0.1) is 0 Å². The van der Waals surface area contributed by atoms with Gasteiger partial charge < -0.3 is 13.8 Å². The van der Waals surface area contributed by atoms with Crippen LogP contribution < -0.4 is 4.18 Å². The number of amides is 1. The maximum atomic E-state index is 15.2. The lowest BCUT2D eigenvalue weighted by molar-refractivity contribution is -0.0502. The van der Waals surface area contributed by atoms with Gasteiger partial charge in [0.15, 0.2) is 0 Å². The van der Waals surface area contributed by atoms with E-state index in [-0.39, 0.29) is 37.2 Å². The van der Waals surface area contributed by atoms with Gasteiger partial charge in [0.05, 0.1) is 5.69 Å². The van der Waals surface area contributed by atoms with Crippen molar-refractivity contribution in [3.8, 4) is 5.88 Å². The van der Waals surface area contributed by atoms with Crippen LogP contribution >= 0.6 is 0 Å². The van der Waals surface area contributed by atoms with Crippen LogP contribution in [0, 0.1) is 0 Å². The van der Waals surface area contributed by atoms with Crippen LogP contribution in [-0.2, 0) is 33.6 Å². The second-order valence-corrected chi connectivity index (χ2v) is 10.2. The number of ether oxygens (including phenoxy) is 1. The van der Waals surface area contributed by atoms with Crippen molar-refractivity contribution < 1.29 is 44.1 Å². The highest BCUT2D eigenvalue weighted by atomic mass is 32.2. The number of carbonyl (C=O) groups excluding carboxylic acids is 1. The lowest BCUT2D eigenvalue weighted by Crippen LogP contribution is -2.38. The van der Waals surface area contributed by atoms with E-state index in [0.717, 1.165) is 12.1 Å². The van der Waals surface area contributed by atoms with Crippen molar-refractivity contribution in [2.24, 2.45) is 0 Å². The number of hydrogen-bond donors (Lipinski definition) is 0. The average Bonchev–Trinajstić information content (AvgIpc) is 2.95. The molecule has 8 nitrogen and oxygen atoms in total. The molecule has 0 N–H and O–H groups in total. The van der Waals surface area contributed by atoms with Crippen LogP contribution in [0.3, 0.4) is 0 Å². The minimum atomic E-state index is -6.22. The fraction of sp³-hybridized carbons (Fsp3) is 0.476. The van der Waals surface area contributed by atoms with Crippen LogP contribution in [-0.4, -0.2) is 53.6 Å². The number of aromatic nitrogens is 2. The maximum Gasteiger partial charge on any atom is 0.534 e. The Morgan fingerprint density at radius 1 is 0.971 bits per heavy atom. The summed E-state index contributed by atoms with van der Waals surface area (Å²) in [6.07, 6.45) is -1.18. The van der Waals surface area contributed by atoms with Crippen molar-refractivity contribution in [1.29, 1.82) is 0 Å². The third-order valence-corrected chi connectivity index (χ3v) is 5.79. The third-order valence-electron chi connectivity index (χ3n) is 4.85. The van der Waals surface area contributed by atoms with Gasteiger partial charge in [0.1, 0.15) is 5.60 Å². The van der Waals surface area contributed by atoms with Gasteiger partial charge in [0.2, 0.25) is 11.7 Å². The topological polar surface area (TPSA) is 98.7 Å². The smallest absolute Gasteiger partial charge is 0.444 e. The Morgan fingerprint density at radius 2 is 1.57 bits per heavy atom. The second-order valence-electron chi connectivity index (χ2n) is 8.67. The maximum absolute atomic E-state index is 15.2. The van der Waals surface area contributed by atoms with Gasteiger partial charge in [-0.3, -0.25) is 0 Å². The molecule has 3 rings (SSSR count). The van der Waals surface area contributed by atoms with E-state index < -0.39 is 50.5 Å². The number of fused-ring (bicyclic) bond motifs is 1. The van der Waals surface area contributed by atoms with Crippen LogP contribution in [0.15, 0.2) is 30.3 Å². The van der Waals surface area contributed by atoms with Gasteiger partial charge in [0, 0.05) is 30.6 Å². The predicted octanol–water partition coefficient (Wildman–Crippen LogP) is 4.18. The van der Waals surface area contributed by atoms with Gasteiger partial charge in [-0.1, -0.05) is 30.3 Å². The first-order valence-corrected chi connectivity index (χ1v) is 11.7. The summed E-state index contributed by atoms with van der Waals surface area (Å²) in [6, 6.07) is 6.24. The highest BCUT2D eigenvalue weighted by Crippen LogP contribution is 2.37. The van der Waals surface area contributed by atoms with E-state index >= 15 is 8.78 Å². The van der Waals surface area contributed by atoms with Gasteiger partial charge >= 0.3 is 27.6 Å². The summed E-state index contributed by atoms with van der Waals surface area (Å²) in [5, 5.41) is 0. The predicted molar refractivity (Wildman–Crippen MR) is 112 cm³/mol. The fourth-order valence-electron chi connectivity index (χ4n) is 3.21. The second kappa shape index (κ2) is 9.21. The van der Waals surface area contributed by atoms with Gasteiger partial charge in [-0.2, -0.15) is 35.4 Å². The van der Waals surface area contributed by atoms with E-state index in [1.54, 1.807) is 20.8 Å². The molecule has 0 saturated carbocycles. The third kappa shape index (κ3) is 5.97. The molecular weight excluding hydrogens is 501 g/mol. The van der Waals surface area contributed by atoms with E-state index in [1.807, 2.05) is 0 Å². The molecular formula is C21H22F5N3O5S. The van der Waals surface area contributed by atoms with E-state index in [4.69, 9.17) is 4.74 Å². The Balaban J connectivity index is 2.07. The van der Waals surface area contributed by atoms with Crippen LogP contribution in [0.1, 0.15) is 43.4 Å². The molecule has 0 aliphatic carbocycles. The van der Waals surface area contributed by atoms with Crippen molar-refractivity contribution in [2.75, 3.05) is 13.1 Å². The summed E-state index contributed by atoms with van der Waals surface area (Å²) in [5.41, 5.74) is -7.61. The molecule has 0 unspecified atom stereocenters. The zero-order chi connectivity index (χ0) is 26.2. The quantitative estimate of drug-likeness (QED) is 0.337. The molecule has 2 aromatic rings. The van der Waals surface area contributed by atoms with Crippen molar-refractivity contribution in [2.45, 2.75) is 50.6 Å². The van der Waals surface area contributed by atoms with Gasteiger partial charge in [-0.05, 0) is 27.2 Å². The zero-order valence-corrected chi connectivity index (χ0v) is 19.7. The normalized spacial score (nSPS) is 15.3. The number of rotatable bonds is 4. The van der Waals surface area contributed by atoms with Crippen LogP contribution in [0.25, 0.3) is 0 Å². The van der Waals surface area contributed by atoms with E-state index in [2.05, 4.69) is 14.2 Å². The fourth-order valence-corrected chi connectivity index (χ4v) is 3.65. The molecule has 1 aliphatic heterocycles. The monoisotopic (exact) mass is 523 g/mol. The van der Waals surface area contributed by atoms with Crippen LogP contribution in [0.2, 0.25) is 0 Å². The van der Waals surface area contributed by atoms with E-state index in [1.165, 1.54) is 23.1 Å². The van der Waals surface area contributed by atoms with Crippen LogP contribution in [0.5, 0.6) is 5.88 Å². The zero-order valence-electron chi connectivity index (χ0n) is 18.9. The van der Waals surface area contributed by atoms with Crippen molar-refractivity contribution in [1.82, 2.24) is 14.9 Å². The molecule has 14 heteroatoms. The molecule has 1 aromatic heterocycles. The van der Waals surface area contributed by atoms with Crippen molar-refractivity contribution in [3.63, 3.8) is 0 Å². The number of halogens is 5. The van der Waals surface area contributed by atoms with Gasteiger partial charge in [-0.25, -0.2) is 9.78 Å². The summed E-state index contributed by atoms with van der Waals surface area (Å²) in [6.45, 7) is 4.71. The summed E-state index contributed by atoms with van der Waals surface area (Å²) in [7, 11) is -6.22. The largest absolute Gasteiger partial charge is 0.534 e. The van der Waals surface area contributed by atoms with E-state index in [0.29, 0.717) is 0 Å². The first-order valence-electron chi connectivity index (χ1n) is 10.3. The first kappa shape index (κ1) is 26.6. The molecule has 35 heavy (non-hydrogen) atoms. The standard InChI is InChI=1S/C21H22F5N3O5S/c1-19(2,3)33-18(30)29-11-9-14-15(10-12-29)27-17(20(22,23)13-7-5-4-6-8-13)28-16(14)34-35(31,32)21(24,25)26/h4-8H,9-12H2,1-3H3.